The number of methoxy groups -OCH3 is 9. The van der Waals surface area contributed by atoms with Crippen LogP contribution in [0, 0.1) is 0 Å². The van der Waals surface area contributed by atoms with Gasteiger partial charge in [0.1, 0.15) is 0 Å². The highest BCUT2D eigenvalue weighted by Crippen LogP contribution is 2.41. The molecule has 0 fully saturated rings. The summed E-state index contributed by atoms with van der Waals surface area (Å²) in [5.41, 5.74) is 0. The van der Waals surface area contributed by atoms with Crippen LogP contribution in [0.1, 0.15) is 0 Å². The van der Waals surface area contributed by atoms with Crippen molar-refractivity contribution in [1.82, 2.24) is 0 Å². The first-order valence-electron chi connectivity index (χ1n) is 11.4. The summed E-state index contributed by atoms with van der Waals surface area (Å²) in [6.45, 7) is 0. The van der Waals surface area contributed by atoms with Crippen LogP contribution in [0.3, 0.4) is 0 Å². The van der Waals surface area contributed by atoms with E-state index in [9.17, 15) is 0 Å². The van der Waals surface area contributed by atoms with Gasteiger partial charge in [-0.3, -0.25) is 0 Å². The molecule has 0 aliphatic heterocycles. The van der Waals surface area contributed by atoms with E-state index in [0.29, 0.717) is 51.7 Å². The minimum atomic E-state index is -3.45. The maximum Gasteiger partial charge on any atom is 0.248 e. The zero-order valence-corrected chi connectivity index (χ0v) is 24.8. The molecule has 0 unspecified atom stereocenters. The van der Waals surface area contributed by atoms with Crippen molar-refractivity contribution in [2.45, 2.75) is 0 Å². The van der Waals surface area contributed by atoms with Crippen molar-refractivity contribution in [3.8, 4) is 51.7 Å². The van der Waals surface area contributed by atoms with Crippen LogP contribution in [0.4, 0.5) is 0 Å². The van der Waals surface area contributed by atoms with Crippen LogP contribution in [0.15, 0.2) is 36.4 Å². The normalized spacial score (nSPS) is 10.9. The summed E-state index contributed by atoms with van der Waals surface area (Å²) in [6.07, 6.45) is 0. The van der Waals surface area contributed by atoms with Gasteiger partial charge in [0.25, 0.3) is 0 Å². The van der Waals surface area contributed by atoms with Gasteiger partial charge in [0.05, 0.1) is 64.0 Å². The largest absolute Gasteiger partial charge is 0.493 e. The van der Waals surface area contributed by atoms with Crippen molar-refractivity contribution < 1.29 is 42.6 Å². The lowest BCUT2D eigenvalue weighted by Crippen LogP contribution is -2.63. The van der Waals surface area contributed by atoms with Gasteiger partial charge in [0, 0.05) is 0 Å². The van der Waals surface area contributed by atoms with E-state index < -0.39 is 7.38 Å². The van der Waals surface area contributed by atoms with Gasteiger partial charge < -0.3 is 42.6 Å². The minimum absolute atomic E-state index is 0.446. The van der Waals surface area contributed by atoms with Crippen LogP contribution in [0.25, 0.3) is 0 Å². The molecule has 0 amide bonds. The third-order valence-corrected chi connectivity index (χ3v) is 11.4. The summed E-state index contributed by atoms with van der Waals surface area (Å²) in [4.78, 5) is 0. The lowest BCUT2D eigenvalue weighted by Gasteiger charge is -2.30. The third-order valence-electron chi connectivity index (χ3n) is 6.19. The number of hydrogen-bond donors (Lipinski definition) is 0. The monoisotopic (exact) mass is 564 g/mol. The van der Waals surface area contributed by atoms with Gasteiger partial charge in [-0.2, -0.15) is 0 Å². The molecule has 0 aliphatic rings. The fraction of sp³-hybridized carbons (Fsp3) is 0.333. The summed E-state index contributed by atoms with van der Waals surface area (Å²) in [5.74, 6) is 4.08. The zero-order chi connectivity index (χ0) is 28.0. The van der Waals surface area contributed by atoms with Crippen molar-refractivity contribution in [1.29, 1.82) is 0 Å². The maximum atomic E-state index is 7.86. The molecule has 0 radical (unpaired) electrons. The van der Waals surface area contributed by atoms with Crippen LogP contribution >= 0.6 is 11.1 Å². The van der Waals surface area contributed by atoms with Crippen molar-refractivity contribution in [3.63, 3.8) is 0 Å². The van der Waals surface area contributed by atoms with Crippen LogP contribution in [0.5, 0.6) is 51.7 Å². The van der Waals surface area contributed by atoms with Crippen LogP contribution in [-0.4, -0.2) is 71.4 Å². The highest BCUT2D eigenvalue weighted by Gasteiger charge is 2.42. The van der Waals surface area contributed by atoms with Gasteiger partial charge in [-0.05, 0) is 52.0 Å². The average Bonchev–Trinajstić information content (AvgIpc) is 2.97. The number of hydrogen-bond acceptors (Lipinski definition) is 9. The predicted molar refractivity (Wildman–Crippen MR) is 149 cm³/mol. The maximum absolute atomic E-state index is 7.86. The first kappa shape index (κ1) is 28.9. The molecule has 0 heterocycles. The van der Waals surface area contributed by atoms with Gasteiger partial charge in [0.15, 0.2) is 34.5 Å². The molecule has 0 spiro atoms. The zero-order valence-electron chi connectivity index (χ0n) is 23.0. The molecule has 3 aromatic rings. The van der Waals surface area contributed by atoms with E-state index in [0.717, 1.165) is 15.6 Å². The standard InChI is InChI=1S/C27H33ClO9Si/c1-29-19-10-16(11-20(30-2)25(19)35-7)38(28,17-12-21(31-3)26(36-8)22(13-17)32-4)18-14-23(33-5)27(37-9)24(15-18)34-6/h10-15H,1-9H3. The molecular formula is C27H33ClO9Si. The molecule has 38 heavy (non-hydrogen) atoms. The Morgan fingerprint density at radius 3 is 0.684 bits per heavy atom. The van der Waals surface area contributed by atoms with E-state index in [2.05, 4.69) is 0 Å². The van der Waals surface area contributed by atoms with Crippen LogP contribution in [-0.2, 0) is 0 Å². The summed E-state index contributed by atoms with van der Waals surface area (Å²) in [7, 11) is 10.5. The van der Waals surface area contributed by atoms with E-state index in [1.54, 1.807) is 64.0 Å². The van der Waals surface area contributed by atoms with Gasteiger partial charge in [-0.15, -0.1) is 11.1 Å². The molecule has 206 valence electrons. The summed E-state index contributed by atoms with van der Waals surface area (Å²) >= 11 is 7.86. The highest BCUT2D eigenvalue weighted by molar-refractivity contribution is 7.40. The number of benzene rings is 3. The molecule has 0 aliphatic carbocycles. The summed E-state index contributed by atoms with van der Waals surface area (Å²) < 4.78 is 50.6. The Balaban J connectivity index is 2.52. The number of ether oxygens (including phenoxy) is 9. The molecular weight excluding hydrogens is 532 g/mol. The van der Waals surface area contributed by atoms with Gasteiger partial charge in [-0.25, -0.2) is 0 Å². The Morgan fingerprint density at radius 2 is 0.553 bits per heavy atom. The van der Waals surface area contributed by atoms with Gasteiger partial charge in [-0.1, -0.05) is 0 Å². The number of rotatable bonds is 12. The molecule has 0 atom stereocenters. The Bertz CT molecular complexity index is 1050. The Kier molecular flexibility index (Phi) is 9.34. The summed E-state index contributed by atoms with van der Waals surface area (Å²) in [6, 6.07) is 11.0. The molecule has 0 saturated carbocycles. The fourth-order valence-electron chi connectivity index (χ4n) is 4.34. The first-order valence-corrected chi connectivity index (χ1v) is 14.4. The lowest BCUT2D eigenvalue weighted by atomic mass is 10.2. The predicted octanol–water partition coefficient (Wildman–Crippen LogP) is 2.97. The highest BCUT2D eigenvalue weighted by atomic mass is 35.6. The Morgan fingerprint density at radius 1 is 0.368 bits per heavy atom. The Labute approximate surface area is 228 Å². The molecule has 0 aromatic heterocycles. The van der Waals surface area contributed by atoms with Crippen molar-refractivity contribution in [2.24, 2.45) is 0 Å². The fourth-order valence-corrected chi connectivity index (χ4v) is 8.30. The molecule has 0 saturated heterocycles. The molecule has 3 rings (SSSR count). The van der Waals surface area contributed by atoms with Crippen molar-refractivity contribution >= 4 is 34.0 Å². The van der Waals surface area contributed by atoms with E-state index in [4.69, 9.17) is 53.7 Å². The topological polar surface area (TPSA) is 83.1 Å². The van der Waals surface area contributed by atoms with Crippen LogP contribution < -0.4 is 58.2 Å². The molecule has 0 bridgehead atoms. The number of halogens is 1. The van der Waals surface area contributed by atoms with E-state index >= 15 is 0 Å². The van der Waals surface area contributed by atoms with E-state index in [1.165, 1.54) is 0 Å². The minimum Gasteiger partial charge on any atom is -0.493 e. The van der Waals surface area contributed by atoms with Gasteiger partial charge >= 0.3 is 0 Å². The first-order chi connectivity index (χ1) is 18.3. The molecule has 3 aromatic carbocycles. The smallest absolute Gasteiger partial charge is 0.248 e. The van der Waals surface area contributed by atoms with E-state index in [-0.39, 0.29) is 0 Å². The Hall–Kier alpha value is -3.63. The lowest BCUT2D eigenvalue weighted by molar-refractivity contribution is 0.324. The van der Waals surface area contributed by atoms with Crippen molar-refractivity contribution in [3.05, 3.63) is 36.4 Å². The molecule has 9 nitrogen and oxygen atoms in total. The quantitative estimate of drug-likeness (QED) is 0.187. The average molecular weight is 565 g/mol. The second-order valence-electron chi connectivity index (χ2n) is 7.90. The SMILES string of the molecule is COc1cc([Si](Cl)(c2cc(OC)c(OC)c(OC)c2)c2cc(OC)c(OC)c(OC)c2)cc(OC)c1OC. The second-order valence-corrected chi connectivity index (χ2v) is 12.7. The van der Waals surface area contributed by atoms with Gasteiger partial charge in [0.2, 0.25) is 24.6 Å². The summed E-state index contributed by atoms with van der Waals surface area (Å²) in [5, 5.41) is 2.20. The molecule has 0 N–H and O–H groups in total. The van der Waals surface area contributed by atoms with E-state index in [1.807, 2.05) is 36.4 Å². The second kappa shape index (κ2) is 12.3. The van der Waals surface area contributed by atoms with Crippen molar-refractivity contribution in [2.75, 3.05) is 64.0 Å². The third kappa shape index (κ3) is 4.93. The van der Waals surface area contributed by atoms with Crippen LogP contribution in [0.2, 0.25) is 0 Å². The molecule has 11 heteroatoms.